The van der Waals surface area contributed by atoms with Crippen LogP contribution in [0.25, 0.3) is 5.76 Å². The molecule has 70 valence electrons. The normalized spacial score (nSPS) is 13.1. The summed E-state index contributed by atoms with van der Waals surface area (Å²) in [7, 11) is 0. The lowest BCUT2D eigenvalue weighted by atomic mass is 10.1. The van der Waals surface area contributed by atoms with Crippen LogP contribution >= 0.6 is 15.9 Å². The number of aliphatic hydroxyl groups excluding tert-OH is 1. The minimum Gasteiger partial charge on any atom is -0.507 e. The third kappa shape index (κ3) is 2.00. The number of allylic oxidation sites excluding steroid dienone is 1. The van der Waals surface area contributed by atoms with Crippen LogP contribution in [0, 0.1) is 10.8 Å². The molecule has 2 rings (SSSR count). The molecule has 1 aromatic rings. The van der Waals surface area contributed by atoms with Gasteiger partial charge in [-0.3, -0.25) is 0 Å². The Balaban J connectivity index is 2.29. The van der Waals surface area contributed by atoms with Crippen LogP contribution in [0.15, 0.2) is 29.8 Å². The molecule has 0 atom stereocenters. The average molecular weight is 249 g/mol. The Hall–Kier alpha value is -1.20. The summed E-state index contributed by atoms with van der Waals surface area (Å²) in [5, 5.41) is 9.72. The maximum Gasteiger partial charge on any atom is 0.122 e. The van der Waals surface area contributed by atoms with Crippen LogP contribution in [-0.2, 0) is 0 Å². The smallest absolute Gasteiger partial charge is 0.122 e. The van der Waals surface area contributed by atoms with Gasteiger partial charge >= 0.3 is 0 Å². The van der Waals surface area contributed by atoms with E-state index in [1.54, 1.807) is 0 Å². The molecule has 2 heteroatoms. The Kier molecular flexibility index (Phi) is 2.60. The van der Waals surface area contributed by atoms with Crippen molar-refractivity contribution >= 4 is 21.7 Å². The van der Waals surface area contributed by atoms with Gasteiger partial charge in [-0.25, -0.2) is 0 Å². The summed E-state index contributed by atoms with van der Waals surface area (Å²) < 4.78 is 0. The van der Waals surface area contributed by atoms with Crippen LogP contribution in [0.1, 0.15) is 24.0 Å². The predicted molar refractivity (Wildman–Crippen MR) is 61.0 cm³/mol. The van der Waals surface area contributed by atoms with Gasteiger partial charge in [-0.2, -0.15) is 0 Å². The zero-order valence-corrected chi connectivity index (χ0v) is 9.13. The Bertz CT molecular complexity index is 426. The fourth-order valence-electron chi connectivity index (χ4n) is 1.27. The minimum atomic E-state index is 0.448. The van der Waals surface area contributed by atoms with Gasteiger partial charge in [0.05, 0.1) is 0 Å². The second kappa shape index (κ2) is 3.89. The van der Waals surface area contributed by atoms with Crippen LogP contribution in [0.5, 0.6) is 0 Å². The van der Waals surface area contributed by atoms with Gasteiger partial charge in [-0.1, -0.05) is 18.1 Å². The molecule has 0 amide bonds. The van der Waals surface area contributed by atoms with E-state index < -0.39 is 0 Å². The van der Waals surface area contributed by atoms with Crippen molar-refractivity contribution in [2.24, 2.45) is 0 Å². The third-order valence-corrected chi connectivity index (χ3v) is 2.38. The van der Waals surface area contributed by atoms with Gasteiger partial charge in [-0.05, 0) is 35.4 Å². The first-order valence-corrected chi connectivity index (χ1v) is 5.23. The summed E-state index contributed by atoms with van der Waals surface area (Å²) in [6, 6.07) is 7.60. The Labute approximate surface area is 91.6 Å². The predicted octanol–water partition coefficient (Wildman–Crippen LogP) is 3.45. The van der Waals surface area contributed by atoms with Crippen molar-refractivity contribution in [1.82, 2.24) is 0 Å². The molecule has 1 nitrogen and oxygen atoms in total. The monoisotopic (exact) mass is 248 g/mol. The summed E-state index contributed by atoms with van der Waals surface area (Å²) in [5.41, 5.74) is 2.99. The number of hydrogen-bond acceptors (Lipinski definition) is 1. The topological polar surface area (TPSA) is 20.2 Å². The van der Waals surface area contributed by atoms with Gasteiger partial charge < -0.3 is 5.11 Å². The highest BCUT2D eigenvalue weighted by Crippen LogP contribution is 2.34. The largest absolute Gasteiger partial charge is 0.507 e. The fourth-order valence-corrected chi connectivity index (χ4v) is 1.50. The molecule has 1 aliphatic rings. The standard InChI is InChI=1S/C12H9BrO/c13-8-7-9-1-3-10(4-2-9)12(14)11-5-6-11/h1-4,14H,5-6H2. The quantitative estimate of drug-likeness (QED) is 0.597. The Morgan fingerprint density at radius 2 is 1.86 bits per heavy atom. The number of rotatable bonds is 1. The van der Waals surface area contributed by atoms with E-state index in [9.17, 15) is 5.11 Å². The highest BCUT2D eigenvalue weighted by molar-refractivity contribution is 9.12. The van der Waals surface area contributed by atoms with Gasteiger partial charge in [0.1, 0.15) is 5.76 Å². The molecule has 1 aromatic carbocycles. The van der Waals surface area contributed by atoms with Crippen molar-refractivity contribution in [3.8, 4) is 10.8 Å². The number of halogens is 1. The van der Waals surface area contributed by atoms with Crippen LogP contribution < -0.4 is 0 Å². The molecule has 1 saturated carbocycles. The van der Waals surface area contributed by atoms with Gasteiger partial charge in [0.25, 0.3) is 0 Å². The van der Waals surface area contributed by atoms with E-state index in [1.807, 2.05) is 24.3 Å². The van der Waals surface area contributed by atoms with Crippen LogP contribution in [-0.4, -0.2) is 5.11 Å². The van der Waals surface area contributed by atoms with E-state index in [-0.39, 0.29) is 0 Å². The summed E-state index contributed by atoms with van der Waals surface area (Å²) >= 11 is 3.05. The Morgan fingerprint density at radius 3 is 2.36 bits per heavy atom. The third-order valence-electron chi connectivity index (χ3n) is 2.18. The molecule has 0 unspecified atom stereocenters. The lowest BCUT2D eigenvalue weighted by Crippen LogP contribution is -1.83. The van der Waals surface area contributed by atoms with E-state index in [2.05, 4.69) is 26.7 Å². The first-order valence-electron chi connectivity index (χ1n) is 4.44. The fraction of sp³-hybridized carbons (Fsp3) is 0.167. The number of hydrogen-bond donors (Lipinski definition) is 1. The van der Waals surface area contributed by atoms with Crippen LogP contribution in [0.3, 0.4) is 0 Å². The maximum atomic E-state index is 9.72. The highest BCUT2D eigenvalue weighted by Gasteiger charge is 2.17. The molecule has 0 bridgehead atoms. The van der Waals surface area contributed by atoms with Crippen LogP contribution in [0.2, 0.25) is 0 Å². The van der Waals surface area contributed by atoms with Crippen molar-refractivity contribution in [2.75, 3.05) is 0 Å². The lowest BCUT2D eigenvalue weighted by Gasteiger charge is -1.99. The van der Waals surface area contributed by atoms with Gasteiger partial charge in [0.2, 0.25) is 0 Å². The molecule has 1 N–H and O–H groups in total. The molecule has 14 heavy (non-hydrogen) atoms. The average Bonchev–Trinajstić information content (AvgIpc) is 3.02. The van der Waals surface area contributed by atoms with Gasteiger partial charge in [-0.15, -0.1) is 0 Å². The van der Waals surface area contributed by atoms with Crippen molar-refractivity contribution in [1.29, 1.82) is 0 Å². The Morgan fingerprint density at radius 1 is 1.21 bits per heavy atom. The van der Waals surface area contributed by atoms with Crippen molar-refractivity contribution < 1.29 is 5.11 Å². The van der Waals surface area contributed by atoms with E-state index in [0.29, 0.717) is 5.76 Å². The molecule has 0 heterocycles. The highest BCUT2D eigenvalue weighted by atomic mass is 79.9. The summed E-state index contributed by atoms with van der Waals surface area (Å²) in [5.74, 6) is 3.34. The lowest BCUT2D eigenvalue weighted by molar-refractivity contribution is 0.509. The molecule has 1 fully saturated rings. The van der Waals surface area contributed by atoms with Gasteiger partial charge in [0, 0.05) is 27.1 Å². The minimum absolute atomic E-state index is 0.448. The molecular formula is C12H9BrO. The van der Waals surface area contributed by atoms with Crippen molar-refractivity contribution in [2.45, 2.75) is 12.8 Å². The second-order valence-corrected chi connectivity index (χ2v) is 3.65. The second-order valence-electron chi connectivity index (χ2n) is 3.25. The SMILES string of the molecule is OC(=C1CC1)c1ccc(C#CBr)cc1. The van der Waals surface area contributed by atoms with Gasteiger partial charge in [0.15, 0.2) is 0 Å². The van der Waals surface area contributed by atoms with Crippen molar-refractivity contribution in [3.63, 3.8) is 0 Å². The summed E-state index contributed by atoms with van der Waals surface area (Å²) in [6.45, 7) is 0. The molecular weight excluding hydrogens is 240 g/mol. The van der Waals surface area contributed by atoms with Crippen molar-refractivity contribution in [3.05, 3.63) is 41.0 Å². The van der Waals surface area contributed by atoms with E-state index in [1.165, 1.54) is 0 Å². The summed E-state index contributed by atoms with van der Waals surface area (Å²) in [4.78, 5) is 2.66. The van der Waals surface area contributed by atoms with E-state index in [0.717, 1.165) is 29.5 Å². The maximum absolute atomic E-state index is 9.72. The zero-order valence-electron chi connectivity index (χ0n) is 7.55. The van der Waals surface area contributed by atoms with Crippen LogP contribution in [0.4, 0.5) is 0 Å². The zero-order chi connectivity index (χ0) is 9.97. The molecule has 0 aliphatic heterocycles. The summed E-state index contributed by atoms with van der Waals surface area (Å²) in [6.07, 6.45) is 2.07. The first kappa shape index (κ1) is 9.36. The number of benzene rings is 1. The molecule has 0 spiro atoms. The first-order chi connectivity index (χ1) is 6.81. The number of aliphatic hydroxyl groups is 1. The molecule has 1 aliphatic carbocycles. The molecule has 0 radical (unpaired) electrons. The molecule has 0 aromatic heterocycles. The van der Waals surface area contributed by atoms with E-state index >= 15 is 0 Å². The molecule has 0 saturated heterocycles. The van der Waals surface area contributed by atoms with E-state index in [4.69, 9.17) is 0 Å².